The third-order valence-corrected chi connectivity index (χ3v) is 4.12. The van der Waals surface area contributed by atoms with Crippen LogP contribution in [0.4, 0.5) is 5.13 Å². The van der Waals surface area contributed by atoms with E-state index in [-0.39, 0.29) is 11.6 Å². The highest BCUT2D eigenvalue weighted by molar-refractivity contribution is 7.15. The Balaban J connectivity index is 1.73. The second-order valence-corrected chi connectivity index (χ2v) is 5.77. The molecule has 0 bridgehead atoms. The number of carbonyl (C=O) groups excluding carboxylic acids is 1. The summed E-state index contributed by atoms with van der Waals surface area (Å²) in [6.45, 7) is 2.59. The van der Waals surface area contributed by atoms with Gasteiger partial charge in [0.25, 0.3) is 5.91 Å². The van der Waals surface area contributed by atoms with Gasteiger partial charge in [0.1, 0.15) is 5.01 Å². The van der Waals surface area contributed by atoms with E-state index in [0.717, 1.165) is 17.8 Å². The number of hydrogen-bond donors (Lipinski definition) is 1. The third-order valence-electron chi connectivity index (χ3n) is 2.84. The lowest BCUT2D eigenvalue weighted by atomic mass is 10.4. The molecule has 0 spiro atoms. The number of carbonyl (C=O) groups is 1. The molecule has 0 atom stereocenters. The highest BCUT2D eigenvalue weighted by Gasteiger charge is 2.28. The van der Waals surface area contributed by atoms with Crippen molar-refractivity contribution in [2.24, 2.45) is 0 Å². The van der Waals surface area contributed by atoms with E-state index in [1.54, 1.807) is 10.9 Å². The van der Waals surface area contributed by atoms with Crippen LogP contribution < -0.4 is 5.32 Å². The largest absolute Gasteiger partial charge is 0.295 e. The summed E-state index contributed by atoms with van der Waals surface area (Å²) in [5.74, 6) is 0.182. The highest BCUT2D eigenvalue weighted by atomic mass is 35.5. The van der Waals surface area contributed by atoms with Crippen LogP contribution in [-0.2, 0) is 6.54 Å². The summed E-state index contributed by atoms with van der Waals surface area (Å²) in [7, 11) is 0. The molecule has 0 aromatic carbocycles. The van der Waals surface area contributed by atoms with Crippen molar-refractivity contribution in [3.63, 3.8) is 0 Å². The lowest BCUT2D eigenvalue weighted by Crippen LogP contribution is -2.13. The van der Waals surface area contributed by atoms with Gasteiger partial charge in [-0.2, -0.15) is 5.10 Å². The Kier molecular flexibility index (Phi) is 3.24. The molecular weight excluding hydrogens is 286 g/mol. The second-order valence-electron chi connectivity index (χ2n) is 4.36. The maximum Gasteiger partial charge on any atom is 0.279 e. The van der Waals surface area contributed by atoms with Gasteiger partial charge in [-0.3, -0.25) is 14.8 Å². The van der Waals surface area contributed by atoms with Crippen LogP contribution in [0, 0.1) is 0 Å². The lowest BCUT2D eigenvalue weighted by molar-refractivity contribution is 0.102. The maximum atomic E-state index is 12.0. The molecule has 3 rings (SSSR count). The minimum absolute atomic E-state index is 0.215. The van der Waals surface area contributed by atoms with Crippen molar-refractivity contribution in [3.05, 3.63) is 21.9 Å². The minimum atomic E-state index is -0.351. The number of hydrogen-bond acceptors (Lipinski definition) is 5. The summed E-state index contributed by atoms with van der Waals surface area (Å²) in [5.41, 5.74) is 0.215. The first-order chi connectivity index (χ1) is 9.17. The van der Waals surface area contributed by atoms with E-state index in [9.17, 15) is 4.79 Å². The van der Waals surface area contributed by atoms with Crippen LogP contribution in [0.3, 0.4) is 0 Å². The van der Waals surface area contributed by atoms with Gasteiger partial charge in [-0.15, -0.1) is 10.2 Å². The molecule has 19 heavy (non-hydrogen) atoms. The summed E-state index contributed by atoms with van der Waals surface area (Å²) >= 11 is 7.39. The predicted octanol–water partition coefficient (Wildman–Crippen LogP) is 2.54. The van der Waals surface area contributed by atoms with Crippen LogP contribution in [0.5, 0.6) is 0 Å². The summed E-state index contributed by atoms with van der Waals surface area (Å²) in [4.78, 5) is 12.0. The van der Waals surface area contributed by atoms with Gasteiger partial charge in [-0.05, 0) is 19.8 Å². The van der Waals surface area contributed by atoms with Gasteiger partial charge in [0.15, 0.2) is 5.69 Å². The Bertz CT molecular complexity index is 618. The van der Waals surface area contributed by atoms with Crippen LogP contribution in [0.15, 0.2) is 6.20 Å². The zero-order valence-electron chi connectivity index (χ0n) is 10.3. The van der Waals surface area contributed by atoms with Crippen LogP contribution in [0.1, 0.15) is 41.2 Å². The number of amides is 1. The number of rotatable bonds is 4. The minimum Gasteiger partial charge on any atom is -0.295 e. The van der Waals surface area contributed by atoms with E-state index >= 15 is 0 Å². The Hall–Kier alpha value is -1.47. The van der Waals surface area contributed by atoms with Crippen LogP contribution in [0.2, 0.25) is 5.02 Å². The van der Waals surface area contributed by atoms with Gasteiger partial charge in [0, 0.05) is 18.7 Å². The van der Waals surface area contributed by atoms with Crippen molar-refractivity contribution < 1.29 is 4.79 Å². The Labute approximate surface area is 118 Å². The fraction of sp³-hybridized carbons (Fsp3) is 0.455. The van der Waals surface area contributed by atoms with E-state index < -0.39 is 0 Å². The Morgan fingerprint density at radius 3 is 3.00 bits per heavy atom. The molecule has 1 aliphatic rings. The number of aromatic nitrogens is 4. The van der Waals surface area contributed by atoms with Crippen molar-refractivity contribution >= 4 is 34.0 Å². The molecule has 1 amide bonds. The quantitative estimate of drug-likeness (QED) is 0.941. The normalized spacial score (nSPS) is 14.6. The molecule has 2 heterocycles. The van der Waals surface area contributed by atoms with Crippen molar-refractivity contribution in [2.45, 2.75) is 32.2 Å². The predicted molar refractivity (Wildman–Crippen MR) is 72.7 cm³/mol. The fourth-order valence-corrected chi connectivity index (χ4v) is 2.79. The fourth-order valence-electron chi connectivity index (χ4n) is 1.65. The van der Waals surface area contributed by atoms with Crippen LogP contribution in [0.25, 0.3) is 0 Å². The molecule has 0 radical (unpaired) electrons. The van der Waals surface area contributed by atoms with Crippen molar-refractivity contribution in [2.75, 3.05) is 5.32 Å². The van der Waals surface area contributed by atoms with E-state index in [0.29, 0.717) is 22.6 Å². The Morgan fingerprint density at radius 2 is 2.37 bits per heavy atom. The third kappa shape index (κ3) is 2.62. The molecule has 100 valence electrons. The zero-order valence-corrected chi connectivity index (χ0v) is 11.8. The van der Waals surface area contributed by atoms with E-state index in [2.05, 4.69) is 20.6 Å². The first kappa shape index (κ1) is 12.6. The van der Waals surface area contributed by atoms with Gasteiger partial charge >= 0.3 is 0 Å². The average Bonchev–Trinajstić information content (AvgIpc) is 3.02. The van der Waals surface area contributed by atoms with Gasteiger partial charge in [0.05, 0.1) is 5.02 Å². The Morgan fingerprint density at radius 1 is 1.58 bits per heavy atom. The van der Waals surface area contributed by atoms with Crippen molar-refractivity contribution in [1.29, 1.82) is 0 Å². The topological polar surface area (TPSA) is 72.7 Å². The number of nitrogens with one attached hydrogen (secondary N) is 1. The average molecular weight is 298 g/mol. The van der Waals surface area contributed by atoms with Gasteiger partial charge in [-0.25, -0.2) is 0 Å². The summed E-state index contributed by atoms with van der Waals surface area (Å²) in [6.07, 6.45) is 3.96. The van der Waals surface area contributed by atoms with Gasteiger partial charge in [0.2, 0.25) is 5.13 Å². The summed E-state index contributed by atoms with van der Waals surface area (Å²) in [6, 6.07) is 0. The maximum absolute atomic E-state index is 12.0. The summed E-state index contributed by atoms with van der Waals surface area (Å²) in [5, 5.41) is 16.6. The molecule has 0 saturated heterocycles. The molecule has 1 N–H and O–H groups in total. The molecule has 2 aromatic heterocycles. The molecule has 0 unspecified atom stereocenters. The monoisotopic (exact) mass is 297 g/mol. The zero-order chi connectivity index (χ0) is 13.4. The van der Waals surface area contributed by atoms with Crippen molar-refractivity contribution in [1.82, 2.24) is 20.0 Å². The molecular formula is C11H12ClN5OS. The van der Waals surface area contributed by atoms with Crippen molar-refractivity contribution in [3.8, 4) is 0 Å². The lowest BCUT2D eigenvalue weighted by Gasteiger charge is -1.97. The number of aryl methyl sites for hydroxylation is 1. The first-order valence-corrected chi connectivity index (χ1v) is 7.24. The molecule has 8 heteroatoms. The molecule has 1 aliphatic carbocycles. The van der Waals surface area contributed by atoms with Crippen LogP contribution >= 0.6 is 22.9 Å². The molecule has 0 aliphatic heterocycles. The second kappa shape index (κ2) is 4.90. The van der Waals surface area contributed by atoms with Gasteiger partial charge < -0.3 is 0 Å². The van der Waals surface area contributed by atoms with E-state index in [1.165, 1.54) is 11.3 Å². The smallest absolute Gasteiger partial charge is 0.279 e. The number of anilines is 1. The molecule has 2 aromatic rings. The van der Waals surface area contributed by atoms with E-state index in [4.69, 9.17) is 11.6 Å². The standard InChI is InChI=1S/C11H12ClN5OS/c1-2-17-5-7(12)8(16-17)9(18)13-11-15-14-10(19-11)6-3-4-6/h5-6H,2-4H2,1H3,(H,13,15,18). The van der Waals surface area contributed by atoms with Crippen LogP contribution in [-0.4, -0.2) is 25.9 Å². The van der Waals surface area contributed by atoms with Gasteiger partial charge in [-0.1, -0.05) is 22.9 Å². The number of halogens is 1. The SMILES string of the molecule is CCn1cc(Cl)c(C(=O)Nc2nnc(C3CC3)s2)n1. The molecule has 6 nitrogen and oxygen atoms in total. The molecule has 1 saturated carbocycles. The first-order valence-electron chi connectivity index (χ1n) is 6.05. The highest BCUT2D eigenvalue weighted by Crippen LogP contribution is 2.42. The molecule has 1 fully saturated rings. The summed E-state index contributed by atoms with van der Waals surface area (Å²) < 4.78 is 1.62. The number of nitrogens with zero attached hydrogens (tertiary/aromatic N) is 4. The van der Waals surface area contributed by atoms with E-state index in [1.807, 2.05) is 6.92 Å².